The molecule has 1 heterocycles. The van der Waals surface area contributed by atoms with E-state index in [0.29, 0.717) is 24.2 Å². The maximum Gasteiger partial charge on any atom is 0.243 e. The zero-order chi connectivity index (χ0) is 22.0. The predicted molar refractivity (Wildman–Crippen MR) is 118 cm³/mol. The summed E-state index contributed by atoms with van der Waals surface area (Å²) >= 11 is 0. The summed E-state index contributed by atoms with van der Waals surface area (Å²) in [7, 11) is -2.34. The molecule has 5 nitrogen and oxygen atoms in total. The minimum atomic E-state index is -3.86. The summed E-state index contributed by atoms with van der Waals surface area (Å²) in [6.45, 7) is 0.644. The smallest absolute Gasteiger partial charge is 0.243 e. The van der Waals surface area contributed by atoms with Gasteiger partial charge in [0, 0.05) is 25.7 Å². The summed E-state index contributed by atoms with van der Waals surface area (Å²) in [6.07, 6.45) is 1.32. The first kappa shape index (κ1) is 21.2. The van der Waals surface area contributed by atoms with Crippen LogP contribution in [0.2, 0.25) is 0 Å². The summed E-state index contributed by atoms with van der Waals surface area (Å²) in [4.78, 5) is 13.8. The van der Waals surface area contributed by atoms with Crippen LogP contribution in [0, 0.1) is 5.82 Å². The Balaban J connectivity index is 1.69. The van der Waals surface area contributed by atoms with Crippen molar-refractivity contribution in [2.75, 3.05) is 18.5 Å². The summed E-state index contributed by atoms with van der Waals surface area (Å²) in [5.74, 6) is -0.332. The number of sulfonamides is 1. The Morgan fingerprint density at radius 2 is 1.52 bits per heavy atom. The van der Waals surface area contributed by atoms with Gasteiger partial charge < -0.3 is 4.90 Å². The molecule has 0 radical (unpaired) electrons. The van der Waals surface area contributed by atoms with Gasteiger partial charge in [0.05, 0.1) is 10.9 Å². The third kappa shape index (κ3) is 4.24. The lowest BCUT2D eigenvalue weighted by atomic mass is 9.99. The fourth-order valence-corrected chi connectivity index (χ4v) is 5.25. The second-order valence-corrected chi connectivity index (χ2v) is 9.53. The zero-order valence-electron chi connectivity index (χ0n) is 17.1. The first-order valence-corrected chi connectivity index (χ1v) is 11.5. The first-order valence-electron chi connectivity index (χ1n) is 10.1. The second-order valence-electron chi connectivity index (χ2n) is 7.53. The van der Waals surface area contributed by atoms with Crippen molar-refractivity contribution < 1.29 is 17.6 Å². The predicted octanol–water partition coefficient (Wildman–Crippen LogP) is 4.36. The highest BCUT2D eigenvalue weighted by atomic mass is 32.2. The fourth-order valence-electron chi connectivity index (χ4n) is 3.92. The number of hydrogen-bond donors (Lipinski definition) is 0. The number of anilines is 1. The summed E-state index contributed by atoms with van der Waals surface area (Å²) in [5, 5.41) is 0. The van der Waals surface area contributed by atoms with Crippen molar-refractivity contribution in [2.24, 2.45) is 0 Å². The van der Waals surface area contributed by atoms with E-state index in [1.807, 2.05) is 30.3 Å². The maximum atomic E-state index is 13.5. The van der Waals surface area contributed by atoms with Gasteiger partial charge in [-0.25, -0.2) is 12.8 Å². The van der Waals surface area contributed by atoms with Crippen LogP contribution in [0.5, 0.6) is 0 Å². The molecule has 0 aliphatic carbocycles. The molecular weight excluding hydrogens is 415 g/mol. The van der Waals surface area contributed by atoms with Crippen molar-refractivity contribution in [3.05, 3.63) is 95.8 Å². The Morgan fingerprint density at radius 1 is 0.903 bits per heavy atom. The highest BCUT2D eigenvalue weighted by Crippen LogP contribution is 2.33. The summed E-state index contributed by atoms with van der Waals surface area (Å²) in [6, 6.07) is 20.9. The van der Waals surface area contributed by atoms with Gasteiger partial charge in [-0.05, 0) is 53.9 Å². The molecule has 1 aliphatic rings. The number of benzene rings is 3. The molecule has 0 aromatic heterocycles. The lowest BCUT2D eigenvalue weighted by molar-refractivity contribution is -0.117. The van der Waals surface area contributed by atoms with Gasteiger partial charge in [-0.2, -0.15) is 4.31 Å². The number of carbonyl (C=O) groups is 1. The summed E-state index contributed by atoms with van der Waals surface area (Å²) in [5.41, 5.74) is 2.14. The maximum absolute atomic E-state index is 13.5. The number of amides is 1. The lowest BCUT2D eigenvalue weighted by Crippen LogP contribution is -2.32. The van der Waals surface area contributed by atoms with Gasteiger partial charge >= 0.3 is 0 Å². The van der Waals surface area contributed by atoms with Crippen molar-refractivity contribution in [1.82, 2.24) is 4.31 Å². The molecule has 3 aromatic carbocycles. The molecule has 1 fully saturated rings. The molecule has 160 valence electrons. The van der Waals surface area contributed by atoms with Crippen LogP contribution < -0.4 is 4.90 Å². The Bertz CT molecular complexity index is 1160. The SMILES string of the molecule is CN(C(c1ccccc1)c1ccc(F)cc1)S(=O)(=O)c1ccc(N2CCCC2=O)cc1. The van der Waals surface area contributed by atoms with Gasteiger partial charge in [-0.3, -0.25) is 4.79 Å². The van der Waals surface area contributed by atoms with E-state index in [1.165, 1.54) is 35.6 Å². The van der Waals surface area contributed by atoms with Crippen LogP contribution in [-0.4, -0.2) is 32.2 Å². The standard InChI is InChI=1S/C24H23FN2O3S/c1-26(24(18-6-3-2-4-7-18)19-9-11-20(25)12-10-19)31(29,30)22-15-13-21(14-16-22)27-17-5-8-23(27)28/h2-4,6-7,9-16,24H,5,8,17H2,1H3. The highest BCUT2D eigenvalue weighted by molar-refractivity contribution is 7.89. The number of carbonyl (C=O) groups excluding carboxylic acids is 1. The quantitative estimate of drug-likeness (QED) is 0.575. The van der Waals surface area contributed by atoms with E-state index in [0.717, 1.165) is 12.0 Å². The monoisotopic (exact) mass is 438 g/mol. The molecule has 3 aromatic rings. The van der Waals surface area contributed by atoms with Crippen LogP contribution in [-0.2, 0) is 14.8 Å². The van der Waals surface area contributed by atoms with Gasteiger partial charge in [0.1, 0.15) is 5.82 Å². The Labute approximate surface area is 181 Å². The van der Waals surface area contributed by atoms with E-state index >= 15 is 0 Å². The first-order chi connectivity index (χ1) is 14.9. The fraction of sp³-hybridized carbons (Fsp3) is 0.208. The Kier molecular flexibility index (Phi) is 5.89. The van der Waals surface area contributed by atoms with Crippen molar-refractivity contribution in [2.45, 2.75) is 23.8 Å². The zero-order valence-corrected chi connectivity index (χ0v) is 17.9. The molecule has 0 bridgehead atoms. The normalized spacial score (nSPS) is 15.5. The molecule has 1 saturated heterocycles. The number of rotatable bonds is 6. The number of nitrogens with zero attached hydrogens (tertiary/aromatic N) is 2. The van der Waals surface area contributed by atoms with E-state index < -0.39 is 16.1 Å². The van der Waals surface area contributed by atoms with E-state index in [-0.39, 0.29) is 16.6 Å². The van der Waals surface area contributed by atoms with Gasteiger partial charge in [-0.15, -0.1) is 0 Å². The van der Waals surface area contributed by atoms with Crippen LogP contribution in [0.4, 0.5) is 10.1 Å². The summed E-state index contributed by atoms with van der Waals surface area (Å²) < 4.78 is 41.7. The van der Waals surface area contributed by atoms with Gasteiger partial charge in [-0.1, -0.05) is 42.5 Å². The van der Waals surface area contributed by atoms with E-state index in [2.05, 4.69) is 0 Å². The molecule has 0 spiro atoms. The number of halogens is 1. The van der Waals surface area contributed by atoms with Gasteiger partial charge in [0.15, 0.2) is 0 Å². The van der Waals surface area contributed by atoms with Crippen molar-refractivity contribution in [1.29, 1.82) is 0 Å². The minimum Gasteiger partial charge on any atom is -0.312 e. The number of hydrogen-bond acceptors (Lipinski definition) is 3. The van der Waals surface area contributed by atoms with Crippen LogP contribution in [0.1, 0.15) is 30.0 Å². The van der Waals surface area contributed by atoms with Gasteiger partial charge in [0.2, 0.25) is 15.9 Å². The van der Waals surface area contributed by atoms with Gasteiger partial charge in [0.25, 0.3) is 0 Å². The average Bonchev–Trinajstić information content (AvgIpc) is 3.22. The molecule has 4 rings (SSSR count). The molecule has 31 heavy (non-hydrogen) atoms. The molecule has 1 amide bonds. The molecule has 1 aliphatic heterocycles. The molecular formula is C24H23FN2O3S. The van der Waals surface area contributed by atoms with Crippen LogP contribution in [0.25, 0.3) is 0 Å². The average molecular weight is 439 g/mol. The third-order valence-electron chi connectivity index (χ3n) is 5.56. The van der Waals surface area contributed by atoms with Crippen molar-refractivity contribution in [3.63, 3.8) is 0 Å². The molecule has 1 unspecified atom stereocenters. The van der Waals surface area contributed by atoms with Crippen LogP contribution in [0.15, 0.2) is 83.8 Å². The molecule has 7 heteroatoms. The molecule has 0 N–H and O–H groups in total. The van der Waals surface area contributed by atoms with Crippen LogP contribution >= 0.6 is 0 Å². The topological polar surface area (TPSA) is 57.7 Å². The Morgan fingerprint density at radius 3 is 2.10 bits per heavy atom. The lowest BCUT2D eigenvalue weighted by Gasteiger charge is -2.28. The van der Waals surface area contributed by atoms with E-state index in [1.54, 1.807) is 29.2 Å². The highest BCUT2D eigenvalue weighted by Gasteiger charge is 2.31. The largest absolute Gasteiger partial charge is 0.312 e. The van der Waals surface area contributed by atoms with Crippen molar-refractivity contribution >= 4 is 21.6 Å². The Hall–Kier alpha value is -3.03. The van der Waals surface area contributed by atoms with Crippen molar-refractivity contribution in [3.8, 4) is 0 Å². The molecule has 0 saturated carbocycles. The second kappa shape index (κ2) is 8.61. The van der Waals surface area contributed by atoms with Crippen LogP contribution in [0.3, 0.4) is 0 Å². The van der Waals surface area contributed by atoms with E-state index in [4.69, 9.17) is 0 Å². The van der Waals surface area contributed by atoms with E-state index in [9.17, 15) is 17.6 Å². The third-order valence-corrected chi connectivity index (χ3v) is 7.40. The minimum absolute atomic E-state index is 0.0492. The molecule has 1 atom stereocenters.